The average molecular weight is 1000 g/mol. The molecule has 1 aliphatic carbocycles. The van der Waals surface area contributed by atoms with Gasteiger partial charge in [-0.15, -0.1) is 0 Å². The van der Waals surface area contributed by atoms with Crippen LogP contribution < -0.4 is 30.7 Å². The molecule has 2 aliphatic heterocycles. The van der Waals surface area contributed by atoms with Crippen molar-refractivity contribution in [3.8, 4) is 0 Å². The zero-order chi connectivity index (χ0) is 51.8. The van der Waals surface area contributed by atoms with E-state index in [1.165, 1.54) is 62.9 Å². The number of carbonyl (C=O) groups excluding carboxylic acids is 3. The van der Waals surface area contributed by atoms with Crippen LogP contribution in [0.2, 0.25) is 0 Å². The van der Waals surface area contributed by atoms with Gasteiger partial charge in [0.1, 0.15) is 11.8 Å². The molecule has 390 valence electrons. The number of aliphatic hydroxyl groups excluding tert-OH is 1. The monoisotopic (exact) mass is 1000 g/mol. The number of thioether (sulfide) groups is 2. The van der Waals surface area contributed by atoms with Crippen molar-refractivity contribution < 1.29 is 19.5 Å². The Morgan fingerprint density at radius 3 is 1.70 bits per heavy atom. The lowest BCUT2D eigenvalue weighted by atomic mass is 9.76. The predicted octanol–water partition coefficient (Wildman–Crippen LogP) is 13.5. The van der Waals surface area contributed by atoms with Gasteiger partial charge in [0.2, 0.25) is 23.0 Å². The second kappa shape index (κ2) is 25.1. The maximum atomic E-state index is 15.1. The first-order chi connectivity index (χ1) is 33.1. The number of carbonyl (C=O) groups is 3. The Hall–Kier alpha value is -3.24. The van der Waals surface area contributed by atoms with Gasteiger partial charge in [-0.25, -0.2) is 4.58 Å². The van der Waals surface area contributed by atoms with Gasteiger partial charge >= 0.3 is 0 Å². The fraction of sp³-hybridized carbons (Fsp3) is 0.700. The summed E-state index contributed by atoms with van der Waals surface area (Å²) >= 11 is 4.02. The first kappa shape index (κ1) is 57.7. The number of anilines is 3. The van der Waals surface area contributed by atoms with Gasteiger partial charge in [-0.05, 0) is 153 Å². The topological polar surface area (TPSA) is 102 Å². The van der Waals surface area contributed by atoms with Crippen LogP contribution >= 0.6 is 23.5 Å². The van der Waals surface area contributed by atoms with E-state index in [4.69, 9.17) is 0 Å². The van der Waals surface area contributed by atoms with Gasteiger partial charge in [-0.2, -0.15) is 23.5 Å². The minimum Gasteiger partial charge on any atom is -0.506 e. The Labute approximate surface area is 433 Å². The van der Waals surface area contributed by atoms with Crippen LogP contribution in [0.3, 0.4) is 0 Å². The largest absolute Gasteiger partial charge is 0.506 e. The van der Waals surface area contributed by atoms with E-state index in [0.717, 1.165) is 71.2 Å². The zero-order valence-electron chi connectivity index (χ0n) is 46.6. The number of hydrogen-bond donors (Lipinski definition) is 3. The molecule has 5 rings (SSSR count). The molecule has 0 saturated heterocycles. The Morgan fingerprint density at radius 2 is 1.23 bits per heavy atom. The first-order valence-corrected chi connectivity index (χ1v) is 30.0. The highest BCUT2D eigenvalue weighted by Crippen LogP contribution is 2.51. The molecule has 0 radical (unpaired) electrons. The SMILES string of the molecule is CCCCC(CC)CSCCCC(C)C(=O)Nc1cc2c(cc1C1=C(O)C(=c3cc4c(cc3NC(=O)C(C)CCCSCC(CC)CCCC)=[N+](C(C)C)C(C)C4(C)C)C1=O)C(C)(C)C(C)N2C(C)C. The number of aliphatic hydroxyl groups is 1. The summed E-state index contributed by atoms with van der Waals surface area (Å²) in [5, 5.41) is 20.6. The highest BCUT2D eigenvalue weighted by molar-refractivity contribution is 7.99. The standard InChI is InChI=1S/C60H94N4O4S2/c1-17-21-27-43(19-3)35-69-29-23-25-39(9)57(67)61-49-33-51-47(59(13,14)41(11)63(51)37(5)6)31-45(49)53-55(65)54(56(53)66)46-32-48-52(64(38(7)8)42(12)60(48,15)16)34-50(46)62-58(68)40(10)26-24-30-70-36-44(20-4)28-22-18-2/h31-34,37-44H,17-30,35-36H2,1-16H3,(H2,61,62,65,66,67,68)/p+1. The molecule has 6 unspecified atom stereocenters. The molecule has 0 saturated carbocycles. The van der Waals surface area contributed by atoms with E-state index in [2.05, 4.69) is 129 Å². The number of amides is 2. The molecule has 0 fully saturated rings. The Bertz CT molecular complexity index is 2330. The second-order valence-electron chi connectivity index (χ2n) is 23.1. The number of ketones is 1. The number of Topliss-reactive ketones (excluding diaryl/α,β-unsaturated/α-hetero) is 1. The van der Waals surface area contributed by atoms with Crippen molar-refractivity contribution in [1.29, 1.82) is 0 Å². The first-order valence-electron chi connectivity index (χ1n) is 27.6. The van der Waals surface area contributed by atoms with Gasteiger partial charge in [0, 0.05) is 57.4 Å². The molecule has 70 heavy (non-hydrogen) atoms. The maximum Gasteiger partial charge on any atom is 0.227 e. The van der Waals surface area contributed by atoms with Crippen molar-refractivity contribution in [2.45, 2.75) is 223 Å². The number of rotatable bonds is 27. The van der Waals surface area contributed by atoms with Crippen molar-refractivity contribution in [2.24, 2.45) is 23.7 Å². The molecular formula is C60H95N4O4S2+. The van der Waals surface area contributed by atoms with E-state index in [9.17, 15) is 14.7 Å². The molecule has 8 nitrogen and oxygen atoms in total. The van der Waals surface area contributed by atoms with Gasteiger partial charge in [0.05, 0.1) is 27.9 Å². The summed E-state index contributed by atoms with van der Waals surface area (Å²) in [6.07, 6.45) is 13.5. The molecule has 3 aliphatic rings. The summed E-state index contributed by atoms with van der Waals surface area (Å²) < 4.78 is 2.41. The number of benzene rings is 2. The summed E-state index contributed by atoms with van der Waals surface area (Å²) in [5.41, 5.74) is 4.71. The molecule has 6 atom stereocenters. The smallest absolute Gasteiger partial charge is 0.227 e. The summed E-state index contributed by atoms with van der Waals surface area (Å²) in [6.45, 7) is 35.3. The van der Waals surface area contributed by atoms with Crippen LogP contribution in [0.4, 0.5) is 17.1 Å². The number of nitrogens with one attached hydrogen (secondary N) is 2. The number of hydrogen-bond acceptors (Lipinski definition) is 7. The highest BCUT2D eigenvalue weighted by Gasteiger charge is 2.48. The Morgan fingerprint density at radius 1 is 0.700 bits per heavy atom. The molecule has 0 bridgehead atoms. The van der Waals surface area contributed by atoms with E-state index in [1.54, 1.807) is 0 Å². The van der Waals surface area contributed by atoms with Crippen LogP contribution in [0.1, 0.15) is 205 Å². The molecule has 0 aromatic heterocycles. The summed E-state index contributed by atoms with van der Waals surface area (Å²) in [5.74, 6) is 4.88. The van der Waals surface area contributed by atoms with Crippen LogP contribution in [-0.2, 0) is 25.2 Å². The van der Waals surface area contributed by atoms with Crippen molar-refractivity contribution in [3.05, 3.63) is 57.3 Å². The van der Waals surface area contributed by atoms with E-state index in [-0.39, 0.29) is 81.3 Å². The van der Waals surface area contributed by atoms with Crippen LogP contribution in [0, 0.1) is 23.7 Å². The summed E-state index contributed by atoms with van der Waals surface area (Å²) in [4.78, 5) is 45.8. The Kier molecular flexibility index (Phi) is 20.7. The van der Waals surface area contributed by atoms with Crippen molar-refractivity contribution in [2.75, 3.05) is 38.5 Å². The lowest BCUT2D eigenvalue weighted by molar-refractivity contribution is -0.120. The van der Waals surface area contributed by atoms with E-state index < -0.39 is 0 Å². The Balaban J connectivity index is 1.53. The van der Waals surface area contributed by atoms with E-state index in [1.807, 2.05) is 49.5 Å². The normalized spacial score (nSPS) is 20.7. The van der Waals surface area contributed by atoms with Crippen molar-refractivity contribution in [3.63, 3.8) is 0 Å². The quantitative estimate of drug-likeness (QED) is 0.0605. The third kappa shape index (κ3) is 12.6. The van der Waals surface area contributed by atoms with Crippen molar-refractivity contribution >= 4 is 69.3 Å². The van der Waals surface area contributed by atoms with Gasteiger partial charge < -0.3 is 20.6 Å². The number of fused-ring (bicyclic) bond motifs is 2. The molecule has 2 amide bonds. The molecule has 2 heterocycles. The van der Waals surface area contributed by atoms with Crippen LogP contribution in [0.15, 0.2) is 30.0 Å². The third-order valence-electron chi connectivity index (χ3n) is 16.8. The molecule has 0 spiro atoms. The fourth-order valence-corrected chi connectivity index (χ4v) is 13.8. The van der Waals surface area contributed by atoms with E-state index >= 15 is 4.79 Å². The second-order valence-corrected chi connectivity index (χ2v) is 25.4. The van der Waals surface area contributed by atoms with Crippen molar-refractivity contribution in [1.82, 2.24) is 4.58 Å². The van der Waals surface area contributed by atoms with E-state index in [0.29, 0.717) is 22.2 Å². The highest BCUT2D eigenvalue weighted by atomic mass is 32.2. The lowest BCUT2D eigenvalue weighted by Gasteiger charge is -2.34. The van der Waals surface area contributed by atoms with Gasteiger partial charge in [-0.3, -0.25) is 14.4 Å². The fourth-order valence-electron chi connectivity index (χ4n) is 11.2. The minimum atomic E-state index is -0.290. The predicted molar refractivity (Wildman–Crippen MR) is 304 cm³/mol. The molecule has 2 aromatic rings. The van der Waals surface area contributed by atoms with Gasteiger partial charge in [0.15, 0.2) is 6.04 Å². The van der Waals surface area contributed by atoms with Crippen LogP contribution in [0.25, 0.3) is 11.1 Å². The summed E-state index contributed by atoms with van der Waals surface area (Å²) in [6, 6.07) is 8.93. The maximum absolute atomic E-state index is 15.1. The minimum absolute atomic E-state index is 0.0856. The average Bonchev–Trinajstić information content (AvgIpc) is 3.63. The molecule has 3 N–H and O–H groups in total. The lowest BCUT2D eigenvalue weighted by Crippen LogP contribution is -2.42. The van der Waals surface area contributed by atoms with Crippen LogP contribution in [-0.4, -0.2) is 69.9 Å². The molecular weight excluding hydrogens is 905 g/mol. The van der Waals surface area contributed by atoms with Crippen LogP contribution in [0.5, 0.6) is 0 Å². The number of nitrogens with zero attached hydrogens (tertiary/aromatic N) is 2. The number of allylic oxidation sites excluding steroid dienone is 2. The summed E-state index contributed by atoms with van der Waals surface area (Å²) in [7, 11) is 0. The molecule has 2 aromatic carbocycles. The number of unbranched alkanes of at least 4 members (excludes halogenated alkanes) is 2. The molecule has 10 heteroatoms. The zero-order valence-corrected chi connectivity index (χ0v) is 48.3. The van der Waals surface area contributed by atoms with Gasteiger partial charge in [0.25, 0.3) is 0 Å². The third-order valence-corrected chi connectivity index (χ3v) is 19.3. The van der Waals surface area contributed by atoms with Gasteiger partial charge in [-0.1, -0.05) is 93.9 Å².